The Bertz CT molecular complexity index is 317. The van der Waals surface area contributed by atoms with Gasteiger partial charge < -0.3 is 15.4 Å². The topological polar surface area (TPSA) is 67.4 Å². The Labute approximate surface area is 93.9 Å². The number of amides is 1. The third-order valence-corrected chi connectivity index (χ3v) is 3.92. The Hall–Kier alpha value is -1.10. The highest BCUT2D eigenvalue weighted by molar-refractivity contribution is 5.79. The van der Waals surface area contributed by atoms with Crippen molar-refractivity contribution < 1.29 is 14.3 Å². The number of hydrogen-bond acceptors (Lipinski definition) is 4. The van der Waals surface area contributed by atoms with Gasteiger partial charge in [-0.05, 0) is 25.3 Å². The molecule has 2 N–H and O–H groups in total. The van der Waals surface area contributed by atoms with E-state index in [4.69, 9.17) is 4.74 Å². The summed E-state index contributed by atoms with van der Waals surface area (Å²) in [6.45, 7) is 1.28. The number of fused-ring (bicyclic) bond motifs is 1. The fourth-order valence-electron chi connectivity index (χ4n) is 2.91. The van der Waals surface area contributed by atoms with Crippen molar-refractivity contribution in [3.63, 3.8) is 0 Å². The normalized spacial score (nSPS) is 40.4. The third kappa shape index (κ3) is 1.59. The zero-order valence-corrected chi connectivity index (χ0v) is 9.07. The quantitative estimate of drug-likeness (QED) is 0.629. The molecule has 3 heterocycles. The van der Waals surface area contributed by atoms with Crippen molar-refractivity contribution in [3.05, 3.63) is 0 Å². The van der Waals surface area contributed by atoms with Crippen LogP contribution >= 0.6 is 0 Å². The van der Waals surface area contributed by atoms with E-state index in [1.165, 1.54) is 0 Å². The Morgan fingerprint density at radius 2 is 2.38 bits per heavy atom. The molecule has 1 aliphatic carbocycles. The third-order valence-electron chi connectivity index (χ3n) is 3.92. The number of hydrogen-bond donors (Lipinski definition) is 2. The molecule has 0 aromatic rings. The molecule has 1 amide bonds. The number of carbonyl (C=O) groups is 2. The first-order valence-electron chi connectivity index (χ1n) is 5.93. The Kier molecular flexibility index (Phi) is 2.35. The molecule has 5 heteroatoms. The number of ether oxygens (including phenoxy) is 1. The van der Waals surface area contributed by atoms with Crippen LogP contribution in [0, 0.1) is 11.8 Å². The Balaban J connectivity index is 1.45. The largest absolute Gasteiger partial charge is 0.463 e. The van der Waals surface area contributed by atoms with Crippen molar-refractivity contribution in [1.82, 2.24) is 10.6 Å². The van der Waals surface area contributed by atoms with Crippen molar-refractivity contribution in [2.75, 3.05) is 13.2 Å². The summed E-state index contributed by atoms with van der Waals surface area (Å²) in [5.41, 5.74) is 0. The highest BCUT2D eigenvalue weighted by Gasteiger charge is 2.51. The summed E-state index contributed by atoms with van der Waals surface area (Å²) in [5, 5.41) is 6.08. The maximum Gasteiger partial charge on any atom is 0.310 e. The fourth-order valence-corrected chi connectivity index (χ4v) is 2.91. The van der Waals surface area contributed by atoms with E-state index in [0.717, 1.165) is 19.4 Å². The smallest absolute Gasteiger partial charge is 0.310 e. The molecule has 0 spiro atoms. The van der Waals surface area contributed by atoms with E-state index in [1.807, 2.05) is 0 Å². The number of nitrogens with one attached hydrogen (secondary N) is 2. The van der Waals surface area contributed by atoms with Gasteiger partial charge in [-0.3, -0.25) is 9.59 Å². The first-order valence-corrected chi connectivity index (χ1v) is 5.93. The minimum atomic E-state index is -0.0904. The highest BCUT2D eigenvalue weighted by atomic mass is 16.5. The molecule has 16 heavy (non-hydrogen) atoms. The van der Waals surface area contributed by atoms with E-state index < -0.39 is 0 Å². The second-order valence-electron chi connectivity index (χ2n) is 4.97. The molecule has 5 nitrogen and oxygen atoms in total. The molecule has 4 fully saturated rings. The molecule has 0 radical (unpaired) electrons. The molecule has 0 aromatic carbocycles. The van der Waals surface area contributed by atoms with Crippen molar-refractivity contribution >= 4 is 11.9 Å². The van der Waals surface area contributed by atoms with Crippen LogP contribution in [-0.2, 0) is 14.3 Å². The van der Waals surface area contributed by atoms with Crippen molar-refractivity contribution in [2.24, 2.45) is 11.8 Å². The second kappa shape index (κ2) is 3.73. The number of esters is 1. The lowest BCUT2D eigenvalue weighted by atomic mass is 9.74. The van der Waals surface area contributed by atoms with Crippen LogP contribution in [0.15, 0.2) is 0 Å². The minimum absolute atomic E-state index is 0.0298. The van der Waals surface area contributed by atoms with E-state index in [1.54, 1.807) is 0 Å². The van der Waals surface area contributed by atoms with Crippen LogP contribution in [0.3, 0.4) is 0 Å². The van der Waals surface area contributed by atoms with Crippen LogP contribution in [0.5, 0.6) is 0 Å². The van der Waals surface area contributed by atoms with Gasteiger partial charge in [0.2, 0.25) is 5.91 Å². The monoisotopic (exact) mass is 224 g/mol. The highest BCUT2D eigenvalue weighted by Crippen LogP contribution is 2.40. The van der Waals surface area contributed by atoms with E-state index in [0.29, 0.717) is 25.0 Å². The molecule has 4 atom stereocenters. The molecule has 1 saturated carbocycles. The van der Waals surface area contributed by atoms with Gasteiger partial charge in [-0.25, -0.2) is 0 Å². The molecule has 3 aliphatic heterocycles. The van der Waals surface area contributed by atoms with Crippen LogP contribution in [0.2, 0.25) is 0 Å². The van der Waals surface area contributed by atoms with Gasteiger partial charge in [-0.1, -0.05) is 0 Å². The first-order chi connectivity index (χ1) is 7.74. The van der Waals surface area contributed by atoms with E-state index in [9.17, 15) is 9.59 Å². The molecular weight excluding hydrogens is 208 g/mol. The summed E-state index contributed by atoms with van der Waals surface area (Å²) < 4.78 is 5.27. The molecule has 2 bridgehead atoms. The van der Waals surface area contributed by atoms with Crippen molar-refractivity contribution in [3.8, 4) is 0 Å². The zero-order chi connectivity index (χ0) is 11.1. The van der Waals surface area contributed by atoms with Crippen LogP contribution in [0.25, 0.3) is 0 Å². The molecule has 4 aliphatic rings. The summed E-state index contributed by atoms with van der Waals surface area (Å²) >= 11 is 0. The van der Waals surface area contributed by atoms with Gasteiger partial charge in [-0.15, -0.1) is 0 Å². The predicted octanol–water partition coefficient (Wildman–Crippen LogP) is -0.584. The summed E-state index contributed by atoms with van der Waals surface area (Å²) in [6.07, 6.45) is 2.44. The van der Waals surface area contributed by atoms with E-state index >= 15 is 0 Å². The molecule has 3 saturated heterocycles. The van der Waals surface area contributed by atoms with Crippen LogP contribution < -0.4 is 10.6 Å². The standard InChI is InChI=1S/C11H16N2O3/c14-9-2-1-7(13-9)5-16-11(15)10-6-3-8(10)12-4-6/h6-8,10,12H,1-5H2,(H,13,14). The van der Waals surface area contributed by atoms with Gasteiger partial charge in [0.05, 0.1) is 12.0 Å². The molecule has 88 valence electrons. The van der Waals surface area contributed by atoms with Gasteiger partial charge in [0.1, 0.15) is 6.61 Å². The van der Waals surface area contributed by atoms with Crippen LogP contribution in [0.4, 0.5) is 0 Å². The van der Waals surface area contributed by atoms with Gasteiger partial charge in [0, 0.05) is 12.5 Å². The van der Waals surface area contributed by atoms with Gasteiger partial charge in [0.25, 0.3) is 0 Å². The Morgan fingerprint density at radius 3 is 2.94 bits per heavy atom. The van der Waals surface area contributed by atoms with E-state index in [-0.39, 0.29) is 23.8 Å². The Morgan fingerprint density at radius 1 is 1.50 bits per heavy atom. The van der Waals surface area contributed by atoms with Gasteiger partial charge in [0.15, 0.2) is 0 Å². The molecule has 0 aromatic heterocycles. The van der Waals surface area contributed by atoms with E-state index in [2.05, 4.69) is 10.6 Å². The maximum atomic E-state index is 11.7. The summed E-state index contributed by atoms with van der Waals surface area (Å²) in [6, 6.07) is 0.373. The summed E-state index contributed by atoms with van der Waals surface area (Å²) in [4.78, 5) is 22.7. The van der Waals surface area contributed by atoms with Crippen LogP contribution in [-0.4, -0.2) is 37.1 Å². The lowest BCUT2D eigenvalue weighted by Gasteiger charge is -2.32. The van der Waals surface area contributed by atoms with Crippen LogP contribution in [0.1, 0.15) is 19.3 Å². The zero-order valence-electron chi connectivity index (χ0n) is 9.07. The molecule has 4 rings (SSSR count). The second-order valence-corrected chi connectivity index (χ2v) is 4.97. The van der Waals surface area contributed by atoms with Crippen molar-refractivity contribution in [2.45, 2.75) is 31.3 Å². The minimum Gasteiger partial charge on any atom is -0.463 e. The fraction of sp³-hybridized carbons (Fsp3) is 0.818. The van der Waals surface area contributed by atoms with Gasteiger partial charge >= 0.3 is 5.97 Å². The average molecular weight is 224 g/mol. The lowest BCUT2D eigenvalue weighted by Crippen LogP contribution is -2.44. The summed E-state index contributed by atoms with van der Waals surface area (Å²) in [7, 11) is 0. The summed E-state index contributed by atoms with van der Waals surface area (Å²) in [5.74, 6) is 0.520. The average Bonchev–Trinajstić information content (AvgIpc) is 2.88. The lowest BCUT2D eigenvalue weighted by molar-refractivity contribution is -0.154. The maximum absolute atomic E-state index is 11.7. The first kappa shape index (κ1) is 10.1. The van der Waals surface area contributed by atoms with Crippen molar-refractivity contribution in [1.29, 1.82) is 0 Å². The molecule has 4 unspecified atom stereocenters. The predicted molar refractivity (Wildman–Crippen MR) is 55.5 cm³/mol. The number of carbonyl (C=O) groups excluding carboxylic acids is 2. The van der Waals surface area contributed by atoms with Gasteiger partial charge in [-0.2, -0.15) is 0 Å². The SMILES string of the molecule is O=C1CCC(COC(=O)C2C3CNC2C3)N1. The number of rotatable bonds is 3. The molecular formula is C11H16N2O3.